The van der Waals surface area contributed by atoms with Gasteiger partial charge in [0.15, 0.2) is 0 Å². The largest absolute Gasteiger partial charge is 0.497 e. The Morgan fingerprint density at radius 2 is 1.75 bits per heavy atom. The van der Waals surface area contributed by atoms with Crippen LogP contribution in [0.15, 0.2) is 72.8 Å². The van der Waals surface area contributed by atoms with Crippen molar-refractivity contribution in [3.05, 3.63) is 95.1 Å². The normalized spacial score (nSPS) is 15.4. The van der Waals surface area contributed by atoms with Crippen molar-refractivity contribution in [2.75, 3.05) is 12.0 Å². The van der Waals surface area contributed by atoms with Crippen molar-refractivity contribution < 1.29 is 17.9 Å². The second-order valence-electron chi connectivity index (χ2n) is 7.99. The maximum atomic E-state index is 13.2. The van der Waals surface area contributed by atoms with Crippen LogP contribution in [0.4, 0.5) is 5.69 Å². The van der Waals surface area contributed by atoms with Crippen LogP contribution in [0.2, 0.25) is 0 Å². The zero-order chi connectivity index (χ0) is 22.7. The minimum Gasteiger partial charge on any atom is -0.497 e. The summed E-state index contributed by atoms with van der Waals surface area (Å²) in [6.45, 7) is 2.19. The molecular weight excluding hydrogens is 424 g/mol. The van der Waals surface area contributed by atoms with Gasteiger partial charge in [0, 0.05) is 23.8 Å². The zero-order valence-electron chi connectivity index (χ0n) is 18.1. The molecule has 166 valence electrons. The third kappa shape index (κ3) is 4.84. The summed E-state index contributed by atoms with van der Waals surface area (Å²) in [7, 11) is -1.89. The summed E-state index contributed by atoms with van der Waals surface area (Å²) in [5.74, 6) is 0.542. The van der Waals surface area contributed by atoms with Gasteiger partial charge in [-0.25, -0.2) is 13.1 Å². The number of sulfonamides is 1. The van der Waals surface area contributed by atoms with E-state index in [-0.39, 0.29) is 24.2 Å². The van der Waals surface area contributed by atoms with E-state index in [0.29, 0.717) is 11.3 Å². The molecule has 0 aliphatic carbocycles. The fraction of sp³-hybridized carbons (Fsp3) is 0.240. The van der Waals surface area contributed by atoms with Gasteiger partial charge in [-0.1, -0.05) is 42.5 Å². The molecule has 0 bridgehead atoms. The molecule has 32 heavy (non-hydrogen) atoms. The number of carbonyl (C=O) groups is 1. The summed E-state index contributed by atoms with van der Waals surface area (Å²) >= 11 is 0. The molecule has 7 heteroatoms. The molecule has 6 nitrogen and oxygen atoms in total. The number of benzene rings is 3. The SMILES string of the molecule is COc1ccc(C(=O)N2c3cc(CNS(=O)(=O)Cc4ccccc4)ccc3C[C@H]2C)cc1. The van der Waals surface area contributed by atoms with Crippen LogP contribution in [0.1, 0.15) is 34.0 Å². The summed E-state index contributed by atoms with van der Waals surface area (Å²) in [5.41, 5.74) is 4.04. The van der Waals surface area contributed by atoms with Crippen LogP contribution >= 0.6 is 0 Å². The molecule has 3 aromatic carbocycles. The number of nitrogens with zero attached hydrogens (tertiary/aromatic N) is 1. The van der Waals surface area contributed by atoms with E-state index >= 15 is 0 Å². The average molecular weight is 451 g/mol. The number of carbonyl (C=O) groups excluding carboxylic acids is 1. The highest BCUT2D eigenvalue weighted by Crippen LogP contribution is 2.34. The molecule has 1 aliphatic rings. The first kappa shape index (κ1) is 22.0. The van der Waals surface area contributed by atoms with E-state index in [9.17, 15) is 13.2 Å². The summed E-state index contributed by atoms with van der Waals surface area (Å²) < 4.78 is 32.8. The number of fused-ring (bicyclic) bond motifs is 1. The third-order valence-corrected chi connectivity index (χ3v) is 6.91. The summed E-state index contributed by atoms with van der Waals surface area (Å²) in [4.78, 5) is 15.0. The number of rotatable bonds is 7. The molecule has 0 spiro atoms. The molecule has 1 aliphatic heterocycles. The van der Waals surface area contributed by atoms with Crippen molar-refractivity contribution in [2.45, 2.75) is 31.7 Å². The molecule has 3 aromatic rings. The number of amides is 1. The van der Waals surface area contributed by atoms with Crippen molar-refractivity contribution in [1.82, 2.24) is 4.72 Å². The van der Waals surface area contributed by atoms with Crippen LogP contribution < -0.4 is 14.4 Å². The Morgan fingerprint density at radius 3 is 2.44 bits per heavy atom. The van der Waals surface area contributed by atoms with Crippen molar-refractivity contribution in [2.24, 2.45) is 0 Å². The van der Waals surface area contributed by atoms with E-state index in [0.717, 1.165) is 28.8 Å². The molecule has 1 heterocycles. The molecule has 1 amide bonds. The van der Waals surface area contributed by atoms with E-state index in [4.69, 9.17) is 4.74 Å². The van der Waals surface area contributed by atoms with E-state index in [1.807, 2.05) is 43.3 Å². The minimum atomic E-state index is -3.48. The number of ether oxygens (including phenoxy) is 1. The minimum absolute atomic E-state index is 0.0182. The van der Waals surface area contributed by atoms with Crippen molar-refractivity contribution >= 4 is 21.6 Å². The Kier molecular flexibility index (Phi) is 6.30. The third-order valence-electron chi connectivity index (χ3n) is 5.62. The Balaban J connectivity index is 1.50. The van der Waals surface area contributed by atoms with Gasteiger partial charge in [0.2, 0.25) is 10.0 Å². The van der Waals surface area contributed by atoms with Crippen LogP contribution in [0.3, 0.4) is 0 Å². The maximum Gasteiger partial charge on any atom is 0.258 e. The first-order valence-electron chi connectivity index (χ1n) is 10.5. The Hall–Kier alpha value is -3.16. The number of nitrogens with one attached hydrogen (secondary N) is 1. The van der Waals surface area contributed by atoms with Crippen LogP contribution in [0, 0.1) is 0 Å². The van der Waals surface area contributed by atoms with Crippen LogP contribution in [0.5, 0.6) is 5.75 Å². The van der Waals surface area contributed by atoms with E-state index in [1.165, 1.54) is 0 Å². The molecule has 0 fully saturated rings. The highest BCUT2D eigenvalue weighted by atomic mass is 32.2. The summed E-state index contributed by atoms with van der Waals surface area (Å²) in [6.07, 6.45) is 0.761. The lowest BCUT2D eigenvalue weighted by Crippen LogP contribution is -2.35. The number of anilines is 1. The van der Waals surface area contributed by atoms with E-state index in [2.05, 4.69) is 4.72 Å². The Labute approximate surface area is 188 Å². The highest BCUT2D eigenvalue weighted by Gasteiger charge is 2.31. The molecule has 0 unspecified atom stereocenters. The first-order valence-corrected chi connectivity index (χ1v) is 12.1. The summed E-state index contributed by atoms with van der Waals surface area (Å²) in [5, 5.41) is 0. The fourth-order valence-corrected chi connectivity index (χ4v) is 5.10. The van der Waals surface area contributed by atoms with Crippen molar-refractivity contribution in [3.63, 3.8) is 0 Å². The molecule has 1 atom stereocenters. The lowest BCUT2D eigenvalue weighted by Gasteiger charge is -2.23. The van der Waals surface area contributed by atoms with Crippen LogP contribution in [0.25, 0.3) is 0 Å². The van der Waals surface area contributed by atoms with Gasteiger partial charge in [-0.05, 0) is 60.4 Å². The number of hydrogen-bond acceptors (Lipinski definition) is 4. The molecular formula is C25H26N2O4S. The Bertz CT molecular complexity index is 1210. The van der Waals surface area contributed by atoms with Crippen LogP contribution in [-0.2, 0) is 28.7 Å². The van der Waals surface area contributed by atoms with Gasteiger partial charge >= 0.3 is 0 Å². The monoisotopic (exact) mass is 450 g/mol. The van der Waals surface area contributed by atoms with Crippen molar-refractivity contribution in [3.8, 4) is 5.75 Å². The standard InChI is InChI=1S/C25H26N2O4S/c1-18-14-22-9-8-20(16-26-32(29,30)17-19-6-4-3-5-7-19)15-24(22)27(18)25(28)21-10-12-23(31-2)13-11-21/h3-13,15,18,26H,14,16-17H2,1-2H3/t18-/m1/s1. The maximum absolute atomic E-state index is 13.2. The Morgan fingerprint density at radius 1 is 1.03 bits per heavy atom. The van der Waals surface area contributed by atoms with Gasteiger partial charge in [0.05, 0.1) is 12.9 Å². The molecule has 0 saturated carbocycles. The van der Waals surface area contributed by atoms with Gasteiger partial charge in [-0.3, -0.25) is 4.79 Å². The topological polar surface area (TPSA) is 75.7 Å². The zero-order valence-corrected chi connectivity index (χ0v) is 18.9. The quantitative estimate of drug-likeness (QED) is 0.592. The van der Waals surface area contributed by atoms with Crippen LogP contribution in [-0.4, -0.2) is 27.5 Å². The number of methoxy groups -OCH3 is 1. The van der Waals surface area contributed by atoms with Gasteiger partial charge < -0.3 is 9.64 Å². The molecule has 4 rings (SSSR count). The lowest BCUT2D eigenvalue weighted by atomic mass is 10.1. The highest BCUT2D eigenvalue weighted by molar-refractivity contribution is 7.88. The predicted molar refractivity (Wildman–Crippen MR) is 125 cm³/mol. The second-order valence-corrected chi connectivity index (χ2v) is 9.79. The van der Waals surface area contributed by atoms with Crippen molar-refractivity contribution in [1.29, 1.82) is 0 Å². The lowest BCUT2D eigenvalue weighted by molar-refractivity contribution is 0.0981. The average Bonchev–Trinajstić information content (AvgIpc) is 3.12. The van der Waals surface area contributed by atoms with E-state index < -0.39 is 10.0 Å². The van der Waals surface area contributed by atoms with E-state index in [1.54, 1.807) is 48.4 Å². The summed E-state index contributed by atoms with van der Waals surface area (Å²) in [6, 6.07) is 22.0. The molecule has 0 saturated heterocycles. The number of hydrogen-bond donors (Lipinski definition) is 1. The first-order chi connectivity index (χ1) is 15.4. The van der Waals surface area contributed by atoms with Gasteiger partial charge in [-0.2, -0.15) is 0 Å². The smallest absolute Gasteiger partial charge is 0.258 e. The molecule has 0 aromatic heterocycles. The van der Waals surface area contributed by atoms with Gasteiger partial charge in [0.1, 0.15) is 5.75 Å². The molecule has 0 radical (unpaired) electrons. The predicted octanol–water partition coefficient (Wildman–Crippen LogP) is 3.91. The second kappa shape index (κ2) is 9.14. The fourth-order valence-electron chi connectivity index (χ4n) is 3.98. The van der Waals surface area contributed by atoms with Gasteiger partial charge in [0.25, 0.3) is 5.91 Å². The molecule has 1 N–H and O–H groups in total. The van der Waals surface area contributed by atoms with Gasteiger partial charge in [-0.15, -0.1) is 0 Å².